The molecule has 0 saturated carbocycles. The summed E-state index contributed by atoms with van der Waals surface area (Å²) in [5.41, 5.74) is 0. The van der Waals surface area contributed by atoms with Gasteiger partial charge in [0.25, 0.3) is 0 Å². The fraction of sp³-hybridized carbons (Fsp3) is 0.556. The van der Waals surface area contributed by atoms with Crippen LogP contribution in [0.15, 0.2) is 22.3 Å². The third-order valence-electron chi connectivity index (χ3n) is 2.92. The first kappa shape index (κ1) is 5.74. The van der Waals surface area contributed by atoms with Gasteiger partial charge in [-0.3, -0.25) is 0 Å². The van der Waals surface area contributed by atoms with Gasteiger partial charge < -0.3 is 0 Å². The minimum atomic E-state index is -1.52. The maximum atomic E-state index is 2.44. The van der Waals surface area contributed by atoms with E-state index in [0.29, 0.717) is 0 Å². The summed E-state index contributed by atoms with van der Waals surface area (Å²) in [5, 5.41) is 0. The summed E-state index contributed by atoms with van der Waals surface area (Å²) >= 11 is -1.52. The summed E-state index contributed by atoms with van der Waals surface area (Å²) in [6.07, 6.45) is 8.40. The van der Waals surface area contributed by atoms with Crippen LogP contribution in [-0.4, -0.2) is 0 Å². The van der Waals surface area contributed by atoms with Crippen molar-refractivity contribution < 1.29 is 14.1 Å². The van der Waals surface area contributed by atoms with Crippen molar-refractivity contribution in [3.8, 4) is 0 Å². The van der Waals surface area contributed by atoms with E-state index in [1.54, 1.807) is 19.7 Å². The average molecular weight is 313 g/mol. The Morgan fingerprint density at radius 2 is 1.80 bits per heavy atom. The first-order valence-corrected chi connectivity index (χ1v) is 11.8. The van der Waals surface area contributed by atoms with E-state index >= 15 is 0 Å². The summed E-state index contributed by atoms with van der Waals surface area (Å²) in [4.78, 5) is 6.74. The molecule has 1 heteroatoms. The van der Waals surface area contributed by atoms with Gasteiger partial charge in [-0.1, -0.05) is 0 Å². The molecular weight excluding hydrogens is 300 g/mol. The minimum absolute atomic E-state index is 1.34. The molecule has 2 fully saturated rings. The van der Waals surface area contributed by atoms with Gasteiger partial charge in [-0.25, -0.2) is 0 Å². The van der Waals surface area contributed by atoms with Crippen molar-refractivity contribution in [1.82, 2.24) is 0 Å². The van der Waals surface area contributed by atoms with Crippen molar-refractivity contribution in [2.75, 3.05) is 0 Å². The molecule has 0 amide bonds. The van der Waals surface area contributed by atoms with E-state index in [2.05, 4.69) is 18.2 Å². The molecule has 0 aromatic heterocycles. The number of hydrogen-bond acceptors (Lipinski definition) is 0. The molecule has 58 valence electrons. The van der Waals surface area contributed by atoms with Crippen LogP contribution in [0.5, 0.6) is 0 Å². The predicted molar refractivity (Wildman–Crippen MR) is 41.1 cm³/mol. The van der Waals surface area contributed by atoms with Crippen molar-refractivity contribution in [3.05, 3.63) is 22.3 Å². The summed E-state index contributed by atoms with van der Waals surface area (Å²) in [5.74, 6) is 0. The van der Waals surface area contributed by atoms with Crippen molar-refractivity contribution in [2.24, 2.45) is 0 Å². The van der Waals surface area contributed by atoms with Gasteiger partial charge in [0, 0.05) is 0 Å². The molecule has 0 radical (unpaired) electrons. The van der Waals surface area contributed by atoms with E-state index in [-0.39, 0.29) is 0 Å². The summed E-state index contributed by atoms with van der Waals surface area (Å²) in [6, 6.07) is 0. The number of allylic oxidation sites excluding steroid dienone is 4. The molecule has 0 nitrogen and oxygen atoms in total. The van der Waals surface area contributed by atoms with Crippen molar-refractivity contribution in [3.63, 3.8) is 0 Å². The molecule has 0 bridgehead atoms. The molecule has 0 aromatic rings. The molecule has 2 heterocycles. The summed E-state index contributed by atoms with van der Waals surface area (Å²) in [7, 11) is 0. The Bertz CT molecular complexity index is 232. The fourth-order valence-electron chi connectivity index (χ4n) is 1.74. The Kier molecular flexibility index (Phi) is 0.775. The topological polar surface area (TPSA) is 0 Å². The molecule has 3 rings (SSSR count). The fourth-order valence-corrected chi connectivity index (χ4v) is 24.3. The standard InChI is InChI=1S/C5H5.2C2H4.Ir/c1-2-4-5-3-1;2*1-2;/h1-3H,4H2;2*1-2H2;. The quantitative estimate of drug-likeness (QED) is 0.697. The molecule has 2 saturated heterocycles. The van der Waals surface area contributed by atoms with E-state index < -0.39 is 14.1 Å². The normalized spacial score (nSPS) is 40.4. The van der Waals surface area contributed by atoms with E-state index in [1.807, 2.05) is 4.09 Å². The molecule has 0 unspecified atom stereocenters. The zero-order valence-corrected chi connectivity index (χ0v) is 8.50. The molecule has 0 aromatic carbocycles. The molecule has 0 atom stereocenters. The van der Waals surface area contributed by atoms with Crippen molar-refractivity contribution in [2.45, 2.75) is 26.2 Å². The van der Waals surface area contributed by atoms with Gasteiger partial charge in [0.15, 0.2) is 0 Å². The van der Waals surface area contributed by atoms with Gasteiger partial charge in [0.1, 0.15) is 0 Å². The first-order valence-electron chi connectivity index (χ1n) is 3.83. The second kappa shape index (κ2) is 1.35. The van der Waals surface area contributed by atoms with Gasteiger partial charge in [-0.15, -0.1) is 0 Å². The van der Waals surface area contributed by atoms with Gasteiger partial charge in [0.05, 0.1) is 0 Å². The monoisotopic (exact) mass is 314 g/mol. The second-order valence-electron chi connectivity index (χ2n) is 3.36. The van der Waals surface area contributed by atoms with Crippen LogP contribution in [0.2, 0.25) is 19.7 Å². The third kappa shape index (κ3) is 0.487. The summed E-state index contributed by atoms with van der Waals surface area (Å²) in [6.45, 7) is 0. The van der Waals surface area contributed by atoms with E-state index in [4.69, 9.17) is 0 Å². The molecule has 1 spiro atoms. The van der Waals surface area contributed by atoms with Crippen LogP contribution < -0.4 is 0 Å². The van der Waals surface area contributed by atoms with Gasteiger partial charge >= 0.3 is 62.5 Å². The number of hydrogen-bond donors (Lipinski definition) is 0. The van der Waals surface area contributed by atoms with Crippen LogP contribution in [0.25, 0.3) is 0 Å². The van der Waals surface area contributed by atoms with Crippen LogP contribution in [0, 0.1) is 0 Å². The molecule has 1 aliphatic carbocycles. The average Bonchev–Trinajstić information content (AvgIpc) is 2.82. The number of rotatable bonds is 1. The van der Waals surface area contributed by atoms with Gasteiger partial charge in [-0.05, 0) is 0 Å². The molecule has 2 aliphatic heterocycles. The Labute approximate surface area is 62.8 Å². The zero-order valence-electron chi connectivity index (χ0n) is 6.10. The predicted octanol–water partition coefficient (Wildman–Crippen LogP) is 3.22. The van der Waals surface area contributed by atoms with Crippen LogP contribution in [0.4, 0.5) is 0 Å². The molecule has 0 N–H and O–H groups in total. The summed E-state index contributed by atoms with van der Waals surface area (Å²) < 4.78 is 1.94. The van der Waals surface area contributed by atoms with Crippen LogP contribution in [0.3, 0.4) is 0 Å². The van der Waals surface area contributed by atoms with E-state index in [9.17, 15) is 0 Å². The van der Waals surface area contributed by atoms with Gasteiger partial charge in [0.2, 0.25) is 0 Å². The Morgan fingerprint density at radius 1 is 1.10 bits per heavy atom. The Balaban J connectivity index is 2.02. The van der Waals surface area contributed by atoms with Crippen molar-refractivity contribution in [1.29, 1.82) is 0 Å². The Morgan fingerprint density at radius 3 is 2.20 bits per heavy atom. The van der Waals surface area contributed by atoms with E-state index in [1.165, 1.54) is 6.42 Å². The first-order chi connectivity index (χ1) is 4.84. The van der Waals surface area contributed by atoms with E-state index in [0.717, 1.165) is 0 Å². The van der Waals surface area contributed by atoms with Crippen LogP contribution in [-0.2, 0) is 14.1 Å². The zero-order chi connectivity index (χ0) is 6.68. The third-order valence-corrected chi connectivity index (χ3v) is 19.7. The maximum absolute atomic E-state index is 2.44. The SMILES string of the molecule is C1=CC[C]([Ir]23([CH2][CH2]2)[CH2][CH2]3)=C1. The molecule has 10 heavy (non-hydrogen) atoms. The Hall–Kier alpha value is 0.129. The van der Waals surface area contributed by atoms with Crippen LogP contribution in [0.1, 0.15) is 6.42 Å². The second-order valence-corrected chi connectivity index (χ2v) is 20.3. The molecular formula is C9H13Ir. The van der Waals surface area contributed by atoms with Crippen LogP contribution >= 0.6 is 0 Å². The molecule has 3 aliphatic rings. The van der Waals surface area contributed by atoms with Gasteiger partial charge in [-0.2, -0.15) is 0 Å². The van der Waals surface area contributed by atoms with Crippen molar-refractivity contribution >= 4 is 0 Å².